The van der Waals surface area contributed by atoms with Crippen molar-refractivity contribution < 1.29 is 24.0 Å². The van der Waals surface area contributed by atoms with Crippen LogP contribution in [-0.4, -0.2) is 81.3 Å². The summed E-state index contributed by atoms with van der Waals surface area (Å²) in [5.74, 6) is 0.676. The van der Waals surface area contributed by atoms with Gasteiger partial charge in [0.2, 0.25) is 0 Å². The van der Waals surface area contributed by atoms with Crippen LogP contribution in [0.15, 0.2) is 48.2 Å². The van der Waals surface area contributed by atoms with Crippen molar-refractivity contribution in [3.05, 3.63) is 53.8 Å². The Bertz CT molecular complexity index is 862. The van der Waals surface area contributed by atoms with E-state index < -0.39 is 6.04 Å². The number of hydrogen-bond acceptors (Lipinski definition) is 4. The summed E-state index contributed by atoms with van der Waals surface area (Å²) in [7, 11) is 1.60. The molecular weight excluding hydrogens is 384 g/mol. The minimum absolute atomic E-state index is 0.0143. The van der Waals surface area contributed by atoms with Gasteiger partial charge in [-0.1, -0.05) is 18.2 Å². The molecule has 1 fully saturated rings. The fourth-order valence-corrected chi connectivity index (χ4v) is 4.33. The highest BCUT2D eigenvalue weighted by Gasteiger charge is 2.43. The molecule has 4 rings (SSSR count). The van der Waals surface area contributed by atoms with Gasteiger partial charge in [0.05, 0.1) is 57.3 Å². The number of carbonyl (C=O) groups excluding carboxylic acids is 2. The van der Waals surface area contributed by atoms with Crippen molar-refractivity contribution in [1.82, 2.24) is 15.1 Å². The maximum atomic E-state index is 13.4. The second-order valence-electron chi connectivity index (χ2n) is 7.76. The van der Waals surface area contributed by atoms with E-state index in [1.165, 1.54) is 4.90 Å². The van der Waals surface area contributed by atoms with Crippen LogP contribution < -0.4 is 15.0 Å². The monoisotopic (exact) mass is 413 g/mol. The van der Waals surface area contributed by atoms with E-state index in [9.17, 15) is 9.59 Å². The first-order chi connectivity index (χ1) is 14.6. The zero-order valence-corrected chi connectivity index (χ0v) is 17.4. The standard InChI is InChI=1S/C22H28N4O4/c1-3-7-26-18-15-25(9-8-24-10-12-30-13-11-24)21(27)19(18)20(23-22(26)28)16-5-4-6-17(14-16)29-2/h3-6,14,20H,1,7-13,15H2,2H3,(H,23,28)/p+1/t20-/m1/s1. The van der Waals surface area contributed by atoms with Crippen LogP contribution in [0.5, 0.6) is 5.75 Å². The van der Waals surface area contributed by atoms with Crippen LogP contribution in [-0.2, 0) is 9.53 Å². The van der Waals surface area contributed by atoms with Gasteiger partial charge in [-0.3, -0.25) is 9.69 Å². The quantitative estimate of drug-likeness (QED) is 0.615. The highest BCUT2D eigenvalue weighted by molar-refractivity contribution is 6.01. The van der Waals surface area contributed by atoms with Gasteiger partial charge in [-0.15, -0.1) is 6.58 Å². The van der Waals surface area contributed by atoms with Crippen molar-refractivity contribution in [3.63, 3.8) is 0 Å². The van der Waals surface area contributed by atoms with Gasteiger partial charge in [0, 0.05) is 6.54 Å². The number of urea groups is 1. The highest BCUT2D eigenvalue weighted by atomic mass is 16.5. The molecule has 0 unspecified atom stereocenters. The van der Waals surface area contributed by atoms with Gasteiger partial charge in [-0.25, -0.2) is 4.79 Å². The Kier molecular flexibility index (Phi) is 6.06. The molecule has 3 aliphatic heterocycles. The molecule has 8 nitrogen and oxygen atoms in total. The van der Waals surface area contributed by atoms with Crippen LogP contribution in [0, 0.1) is 0 Å². The zero-order valence-electron chi connectivity index (χ0n) is 17.4. The number of nitrogens with zero attached hydrogens (tertiary/aromatic N) is 2. The molecule has 1 saturated heterocycles. The third-order valence-corrected chi connectivity index (χ3v) is 5.97. The maximum Gasteiger partial charge on any atom is 0.322 e. The van der Waals surface area contributed by atoms with E-state index in [1.54, 1.807) is 18.1 Å². The molecule has 2 N–H and O–H groups in total. The number of ether oxygens (including phenoxy) is 2. The third-order valence-electron chi connectivity index (χ3n) is 5.97. The fourth-order valence-electron chi connectivity index (χ4n) is 4.33. The van der Waals surface area contributed by atoms with Crippen LogP contribution in [0.1, 0.15) is 11.6 Å². The number of amides is 3. The smallest absolute Gasteiger partial charge is 0.322 e. The lowest BCUT2D eigenvalue weighted by molar-refractivity contribution is -0.907. The Morgan fingerprint density at radius 2 is 2.13 bits per heavy atom. The molecule has 1 atom stereocenters. The number of morpholine rings is 1. The van der Waals surface area contributed by atoms with E-state index in [0.717, 1.165) is 44.1 Å². The molecule has 3 aliphatic rings. The number of methoxy groups -OCH3 is 1. The van der Waals surface area contributed by atoms with E-state index in [0.29, 0.717) is 31.0 Å². The molecule has 3 amide bonds. The lowest BCUT2D eigenvalue weighted by atomic mass is 9.95. The lowest BCUT2D eigenvalue weighted by Crippen LogP contribution is -3.14. The zero-order chi connectivity index (χ0) is 21.1. The molecular formula is C22H29N4O4+. The number of nitrogens with one attached hydrogen (secondary N) is 2. The van der Waals surface area contributed by atoms with Crippen LogP contribution in [0.2, 0.25) is 0 Å². The van der Waals surface area contributed by atoms with Crippen LogP contribution in [0.4, 0.5) is 4.79 Å². The fraction of sp³-hybridized carbons (Fsp3) is 0.455. The van der Waals surface area contributed by atoms with Crippen molar-refractivity contribution >= 4 is 11.9 Å². The van der Waals surface area contributed by atoms with Gasteiger partial charge in [-0.2, -0.15) is 0 Å². The molecule has 8 heteroatoms. The summed E-state index contributed by atoms with van der Waals surface area (Å²) in [6, 6.07) is 6.80. The molecule has 0 radical (unpaired) electrons. The third kappa shape index (κ3) is 3.93. The number of hydrogen-bond donors (Lipinski definition) is 2. The van der Waals surface area contributed by atoms with Crippen LogP contribution in [0.3, 0.4) is 0 Å². The Balaban J connectivity index is 1.59. The van der Waals surface area contributed by atoms with E-state index >= 15 is 0 Å². The number of rotatable bonds is 7. The largest absolute Gasteiger partial charge is 0.497 e. The first-order valence-electron chi connectivity index (χ1n) is 10.4. The predicted octanol–water partition coefficient (Wildman–Crippen LogP) is -0.0411. The average molecular weight is 413 g/mol. The van der Waals surface area contributed by atoms with Crippen molar-refractivity contribution in [2.75, 3.05) is 59.6 Å². The summed E-state index contributed by atoms with van der Waals surface area (Å²) in [6.45, 7) is 9.56. The molecule has 3 heterocycles. The summed E-state index contributed by atoms with van der Waals surface area (Å²) in [5.41, 5.74) is 2.25. The summed E-state index contributed by atoms with van der Waals surface area (Å²) in [5, 5.41) is 3.00. The summed E-state index contributed by atoms with van der Waals surface area (Å²) in [6.07, 6.45) is 1.68. The minimum atomic E-state index is -0.489. The van der Waals surface area contributed by atoms with Crippen LogP contribution >= 0.6 is 0 Å². The van der Waals surface area contributed by atoms with E-state index in [4.69, 9.17) is 9.47 Å². The molecule has 0 spiro atoms. The Hall–Kier alpha value is -2.84. The SMILES string of the molecule is C=CCN1C(=O)N[C@H](c2cccc(OC)c2)C2=C1CN(CC[NH+]1CCOCC1)C2=O. The molecule has 0 aliphatic carbocycles. The average Bonchev–Trinajstić information content (AvgIpc) is 3.11. The molecule has 1 aromatic rings. The number of benzene rings is 1. The Morgan fingerprint density at radius 1 is 1.33 bits per heavy atom. The summed E-state index contributed by atoms with van der Waals surface area (Å²) < 4.78 is 10.8. The summed E-state index contributed by atoms with van der Waals surface area (Å²) in [4.78, 5) is 31.2. The van der Waals surface area contributed by atoms with Crippen molar-refractivity contribution in [1.29, 1.82) is 0 Å². The van der Waals surface area contributed by atoms with Crippen molar-refractivity contribution in [2.24, 2.45) is 0 Å². The second kappa shape index (κ2) is 8.89. The van der Waals surface area contributed by atoms with Crippen molar-refractivity contribution in [2.45, 2.75) is 6.04 Å². The van der Waals surface area contributed by atoms with Gasteiger partial charge < -0.3 is 24.6 Å². The predicted molar refractivity (Wildman–Crippen MR) is 111 cm³/mol. The molecule has 0 bridgehead atoms. The molecule has 30 heavy (non-hydrogen) atoms. The van der Waals surface area contributed by atoms with E-state index in [2.05, 4.69) is 11.9 Å². The van der Waals surface area contributed by atoms with Gasteiger partial charge in [-0.05, 0) is 17.7 Å². The Morgan fingerprint density at radius 3 is 2.87 bits per heavy atom. The van der Waals surface area contributed by atoms with E-state index in [-0.39, 0.29) is 11.9 Å². The first kappa shape index (κ1) is 20.4. The molecule has 0 saturated carbocycles. The van der Waals surface area contributed by atoms with Crippen molar-refractivity contribution in [3.8, 4) is 5.75 Å². The highest BCUT2D eigenvalue weighted by Crippen LogP contribution is 2.36. The van der Waals surface area contributed by atoms with Gasteiger partial charge in [0.15, 0.2) is 0 Å². The van der Waals surface area contributed by atoms with Gasteiger partial charge in [0.1, 0.15) is 18.8 Å². The number of quaternary nitrogens is 1. The normalized spacial score (nSPS) is 22.2. The molecule has 1 aromatic carbocycles. The van der Waals surface area contributed by atoms with E-state index in [1.807, 2.05) is 29.2 Å². The first-order valence-corrected chi connectivity index (χ1v) is 10.4. The number of carbonyl (C=O) groups is 2. The second-order valence-corrected chi connectivity index (χ2v) is 7.76. The molecule has 160 valence electrons. The van der Waals surface area contributed by atoms with Gasteiger partial charge >= 0.3 is 6.03 Å². The minimum Gasteiger partial charge on any atom is -0.497 e. The van der Waals surface area contributed by atoms with Crippen LogP contribution in [0.25, 0.3) is 0 Å². The maximum absolute atomic E-state index is 13.4. The Labute approximate surface area is 176 Å². The molecule has 0 aromatic heterocycles. The van der Waals surface area contributed by atoms with Gasteiger partial charge in [0.25, 0.3) is 5.91 Å². The summed E-state index contributed by atoms with van der Waals surface area (Å²) >= 11 is 0. The topological polar surface area (TPSA) is 75.6 Å². The lowest BCUT2D eigenvalue weighted by Gasteiger charge is -2.33.